The first-order valence-corrected chi connectivity index (χ1v) is 6.44. The van der Waals surface area contributed by atoms with Crippen LogP contribution in [-0.4, -0.2) is 18.4 Å². The van der Waals surface area contributed by atoms with Crippen molar-refractivity contribution in [2.45, 2.75) is 6.92 Å². The molecule has 0 aliphatic heterocycles. The van der Waals surface area contributed by atoms with Gasteiger partial charge >= 0.3 is 0 Å². The first-order chi connectivity index (χ1) is 10.1. The van der Waals surface area contributed by atoms with Crippen molar-refractivity contribution in [3.8, 4) is 5.75 Å². The van der Waals surface area contributed by atoms with Gasteiger partial charge in [0, 0.05) is 11.3 Å². The van der Waals surface area contributed by atoms with E-state index >= 15 is 0 Å². The molecule has 0 spiro atoms. The number of anilines is 1. The Morgan fingerprint density at radius 2 is 1.90 bits per heavy atom. The molecule has 5 heteroatoms. The Labute approximate surface area is 122 Å². The van der Waals surface area contributed by atoms with Gasteiger partial charge in [-0.05, 0) is 36.8 Å². The summed E-state index contributed by atoms with van der Waals surface area (Å²) >= 11 is 0. The van der Waals surface area contributed by atoms with Gasteiger partial charge in [0.05, 0.1) is 0 Å². The van der Waals surface area contributed by atoms with Crippen LogP contribution in [0.2, 0.25) is 0 Å². The Morgan fingerprint density at radius 3 is 2.62 bits per heavy atom. The van der Waals surface area contributed by atoms with E-state index in [1.165, 1.54) is 6.07 Å². The fraction of sp³-hybridized carbons (Fsp3) is 0.125. The Morgan fingerprint density at radius 1 is 1.14 bits per heavy atom. The van der Waals surface area contributed by atoms with Crippen LogP contribution in [0.3, 0.4) is 0 Å². The van der Waals surface area contributed by atoms with Crippen molar-refractivity contribution in [3.05, 3.63) is 59.7 Å². The maximum Gasteiger partial charge on any atom is 0.262 e. The molecule has 5 nitrogen and oxygen atoms in total. The van der Waals surface area contributed by atoms with E-state index in [0.717, 1.165) is 5.56 Å². The molecule has 2 rings (SSSR count). The lowest BCUT2D eigenvalue weighted by atomic mass is 10.2. The molecule has 0 aromatic heterocycles. The number of benzene rings is 2. The maximum absolute atomic E-state index is 11.8. The summed E-state index contributed by atoms with van der Waals surface area (Å²) in [4.78, 5) is 22.9. The zero-order chi connectivity index (χ0) is 15.2. The number of nitrogens with one attached hydrogen (secondary N) is 1. The van der Waals surface area contributed by atoms with E-state index in [2.05, 4.69) is 5.32 Å². The Hall–Kier alpha value is -2.82. The minimum Gasteiger partial charge on any atom is -0.483 e. The molecule has 0 atom stereocenters. The minimum atomic E-state index is -0.540. The van der Waals surface area contributed by atoms with Gasteiger partial charge < -0.3 is 15.8 Å². The Kier molecular flexibility index (Phi) is 4.56. The molecule has 0 saturated heterocycles. The smallest absolute Gasteiger partial charge is 0.262 e. The molecule has 21 heavy (non-hydrogen) atoms. The molecule has 3 N–H and O–H groups in total. The van der Waals surface area contributed by atoms with Gasteiger partial charge in [0.2, 0.25) is 5.91 Å². The van der Waals surface area contributed by atoms with Gasteiger partial charge in [0.25, 0.3) is 5.91 Å². The molecule has 2 aromatic carbocycles. The molecule has 0 heterocycles. The van der Waals surface area contributed by atoms with Gasteiger partial charge in [-0.3, -0.25) is 9.59 Å². The highest BCUT2D eigenvalue weighted by Gasteiger charge is 2.07. The van der Waals surface area contributed by atoms with Crippen molar-refractivity contribution in [1.29, 1.82) is 0 Å². The quantitative estimate of drug-likeness (QED) is 0.882. The molecule has 108 valence electrons. The first-order valence-electron chi connectivity index (χ1n) is 6.44. The molecule has 0 aliphatic carbocycles. The molecular formula is C16H16N2O3. The van der Waals surface area contributed by atoms with Gasteiger partial charge in [-0.2, -0.15) is 0 Å². The van der Waals surface area contributed by atoms with Crippen molar-refractivity contribution >= 4 is 17.5 Å². The summed E-state index contributed by atoms with van der Waals surface area (Å²) in [6.45, 7) is 1.80. The molecule has 0 aliphatic rings. The summed E-state index contributed by atoms with van der Waals surface area (Å²) in [5.41, 5.74) is 6.99. The van der Waals surface area contributed by atoms with Crippen molar-refractivity contribution in [2.24, 2.45) is 5.73 Å². The van der Waals surface area contributed by atoms with Crippen LogP contribution in [0.1, 0.15) is 15.9 Å². The van der Waals surface area contributed by atoms with Crippen LogP contribution < -0.4 is 15.8 Å². The van der Waals surface area contributed by atoms with Gasteiger partial charge in [-0.15, -0.1) is 0 Å². The minimum absolute atomic E-state index is 0.106. The number of carbonyl (C=O) groups excluding carboxylic acids is 2. The highest BCUT2D eigenvalue weighted by atomic mass is 16.5. The van der Waals surface area contributed by atoms with E-state index in [0.29, 0.717) is 17.0 Å². The second-order valence-corrected chi connectivity index (χ2v) is 4.55. The Balaban J connectivity index is 1.95. The summed E-state index contributed by atoms with van der Waals surface area (Å²) in [7, 11) is 0. The average Bonchev–Trinajstić information content (AvgIpc) is 2.46. The van der Waals surface area contributed by atoms with Crippen molar-refractivity contribution in [1.82, 2.24) is 0 Å². The third kappa shape index (κ3) is 4.07. The fourth-order valence-corrected chi connectivity index (χ4v) is 1.81. The standard InChI is InChI=1S/C16H16N2O3/c1-11-5-2-3-8-14(11)21-10-15(19)18-13-7-4-6-12(9-13)16(17)20/h2-9H,10H2,1H3,(H2,17,20)(H,18,19). The average molecular weight is 284 g/mol. The summed E-state index contributed by atoms with van der Waals surface area (Å²) in [6.07, 6.45) is 0. The number of aryl methyl sites for hydroxylation is 1. The highest BCUT2D eigenvalue weighted by Crippen LogP contribution is 2.16. The van der Waals surface area contributed by atoms with Crippen LogP contribution in [0.15, 0.2) is 48.5 Å². The van der Waals surface area contributed by atoms with Gasteiger partial charge in [0.1, 0.15) is 5.75 Å². The number of hydrogen-bond acceptors (Lipinski definition) is 3. The third-order valence-corrected chi connectivity index (χ3v) is 2.88. The van der Waals surface area contributed by atoms with Gasteiger partial charge in [-0.25, -0.2) is 0 Å². The summed E-state index contributed by atoms with van der Waals surface area (Å²) in [6, 6.07) is 13.9. The van der Waals surface area contributed by atoms with Gasteiger partial charge in [-0.1, -0.05) is 24.3 Å². The number of hydrogen-bond donors (Lipinski definition) is 2. The monoisotopic (exact) mass is 284 g/mol. The number of amides is 2. The maximum atomic E-state index is 11.8. The fourth-order valence-electron chi connectivity index (χ4n) is 1.81. The SMILES string of the molecule is Cc1ccccc1OCC(=O)Nc1cccc(C(N)=O)c1. The van der Waals surface area contributed by atoms with Crippen LogP contribution in [0.5, 0.6) is 5.75 Å². The lowest BCUT2D eigenvalue weighted by molar-refractivity contribution is -0.118. The van der Waals surface area contributed by atoms with Crippen LogP contribution in [0, 0.1) is 6.92 Å². The second-order valence-electron chi connectivity index (χ2n) is 4.55. The van der Waals surface area contributed by atoms with E-state index in [-0.39, 0.29) is 12.5 Å². The predicted octanol–water partition coefficient (Wildman–Crippen LogP) is 2.11. The molecule has 0 radical (unpaired) electrons. The van der Waals surface area contributed by atoms with Crippen LogP contribution in [-0.2, 0) is 4.79 Å². The number of rotatable bonds is 5. The molecular weight excluding hydrogens is 268 g/mol. The van der Waals surface area contributed by atoms with Crippen molar-refractivity contribution in [3.63, 3.8) is 0 Å². The normalized spacial score (nSPS) is 9.95. The van der Waals surface area contributed by atoms with Crippen molar-refractivity contribution in [2.75, 3.05) is 11.9 Å². The molecule has 2 aromatic rings. The zero-order valence-electron chi connectivity index (χ0n) is 11.6. The first kappa shape index (κ1) is 14.6. The summed E-state index contributed by atoms with van der Waals surface area (Å²) < 4.78 is 5.44. The Bertz CT molecular complexity index is 668. The number of nitrogens with two attached hydrogens (primary N) is 1. The molecule has 0 bridgehead atoms. The van der Waals surface area contributed by atoms with Crippen LogP contribution in [0.25, 0.3) is 0 Å². The highest BCUT2D eigenvalue weighted by molar-refractivity contribution is 5.96. The van der Waals surface area contributed by atoms with E-state index in [4.69, 9.17) is 10.5 Å². The van der Waals surface area contributed by atoms with Gasteiger partial charge in [0.15, 0.2) is 6.61 Å². The number of para-hydroxylation sites is 1. The second kappa shape index (κ2) is 6.56. The van der Waals surface area contributed by atoms with Crippen LogP contribution in [0.4, 0.5) is 5.69 Å². The molecule has 0 fully saturated rings. The lowest BCUT2D eigenvalue weighted by Gasteiger charge is -2.09. The van der Waals surface area contributed by atoms with Crippen LogP contribution >= 0.6 is 0 Å². The number of carbonyl (C=O) groups is 2. The third-order valence-electron chi connectivity index (χ3n) is 2.88. The predicted molar refractivity (Wildman–Crippen MR) is 80.3 cm³/mol. The van der Waals surface area contributed by atoms with E-state index in [1.807, 2.05) is 25.1 Å². The van der Waals surface area contributed by atoms with Crippen molar-refractivity contribution < 1.29 is 14.3 Å². The van der Waals surface area contributed by atoms with E-state index in [1.54, 1.807) is 24.3 Å². The number of primary amides is 1. The van der Waals surface area contributed by atoms with E-state index < -0.39 is 5.91 Å². The molecule has 0 saturated carbocycles. The van der Waals surface area contributed by atoms with E-state index in [9.17, 15) is 9.59 Å². The lowest BCUT2D eigenvalue weighted by Crippen LogP contribution is -2.20. The molecule has 0 unspecified atom stereocenters. The number of ether oxygens (including phenoxy) is 1. The zero-order valence-corrected chi connectivity index (χ0v) is 11.6. The molecule has 2 amide bonds. The summed E-state index contributed by atoms with van der Waals surface area (Å²) in [5.74, 6) is -0.180. The topological polar surface area (TPSA) is 81.4 Å². The summed E-state index contributed by atoms with van der Waals surface area (Å²) in [5, 5.41) is 2.66. The largest absolute Gasteiger partial charge is 0.483 e.